The lowest BCUT2D eigenvalue weighted by molar-refractivity contribution is 0.103. The van der Waals surface area contributed by atoms with E-state index < -0.39 is 11.6 Å². The van der Waals surface area contributed by atoms with Crippen LogP contribution >= 0.6 is 11.3 Å². The SMILES string of the molecule is Cc1ccn2c(NC(=O)c3cccs3)c(-c3cc(F)ccc3F)nc2c1. The Morgan fingerprint density at radius 2 is 2.04 bits per heavy atom. The average Bonchev–Trinajstić information content (AvgIpc) is 3.25. The van der Waals surface area contributed by atoms with Crippen LogP contribution in [0.5, 0.6) is 0 Å². The van der Waals surface area contributed by atoms with Crippen molar-refractivity contribution < 1.29 is 13.6 Å². The number of rotatable bonds is 3. The average molecular weight is 369 g/mol. The number of fused-ring (bicyclic) bond motifs is 1. The molecule has 0 fully saturated rings. The molecule has 0 aliphatic heterocycles. The molecule has 0 radical (unpaired) electrons. The molecule has 0 atom stereocenters. The molecule has 0 aliphatic carbocycles. The number of aromatic nitrogens is 2. The van der Waals surface area contributed by atoms with Crippen LogP contribution in [0.3, 0.4) is 0 Å². The summed E-state index contributed by atoms with van der Waals surface area (Å²) in [6.07, 6.45) is 1.74. The Labute approximate surface area is 151 Å². The maximum absolute atomic E-state index is 14.3. The highest BCUT2D eigenvalue weighted by Crippen LogP contribution is 2.32. The number of pyridine rings is 1. The number of carbonyl (C=O) groups is 1. The predicted molar refractivity (Wildman–Crippen MR) is 97.6 cm³/mol. The molecule has 130 valence electrons. The van der Waals surface area contributed by atoms with Crippen LogP contribution in [-0.4, -0.2) is 15.3 Å². The lowest BCUT2D eigenvalue weighted by atomic mass is 10.1. The molecule has 7 heteroatoms. The van der Waals surface area contributed by atoms with Gasteiger partial charge in [0.25, 0.3) is 5.91 Å². The number of thiophene rings is 1. The summed E-state index contributed by atoms with van der Waals surface area (Å²) in [5.41, 5.74) is 1.67. The van der Waals surface area contributed by atoms with Gasteiger partial charge in [0.2, 0.25) is 0 Å². The van der Waals surface area contributed by atoms with Gasteiger partial charge < -0.3 is 5.32 Å². The van der Waals surface area contributed by atoms with Crippen molar-refractivity contribution in [1.29, 1.82) is 0 Å². The van der Waals surface area contributed by atoms with E-state index in [1.54, 1.807) is 28.1 Å². The van der Waals surface area contributed by atoms with Crippen LogP contribution in [0, 0.1) is 18.6 Å². The first-order valence-electron chi connectivity index (χ1n) is 7.82. The van der Waals surface area contributed by atoms with Gasteiger partial charge in [0.15, 0.2) is 0 Å². The second-order valence-corrected chi connectivity index (χ2v) is 6.74. The number of halogens is 2. The summed E-state index contributed by atoms with van der Waals surface area (Å²) in [5.74, 6) is -1.23. The summed E-state index contributed by atoms with van der Waals surface area (Å²) in [6, 6.07) is 10.3. The summed E-state index contributed by atoms with van der Waals surface area (Å²) in [7, 11) is 0. The minimum absolute atomic E-state index is 0.00664. The van der Waals surface area contributed by atoms with Crippen LogP contribution in [0.25, 0.3) is 16.9 Å². The molecule has 3 heterocycles. The van der Waals surface area contributed by atoms with E-state index in [4.69, 9.17) is 0 Å². The maximum atomic E-state index is 14.3. The number of imidazole rings is 1. The number of anilines is 1. The van der Waals surface area contributed by atoms with E-state index in [0.717, 1.165) is 23.8 Å². The molecule has 0 saturated heterocycles. The van der Waals surface area contributed by atoms with Crippen molar-refractivity contribution in [2.24, 2.45) is 0 Å². The monoisotopic (exact) mass is 369 g/mol. The molecular formula is C19H13F2N3OS. The third kappa shape index (κ3) is 2.86. The Hall–Kier alpha value is -3.06. The van der Waals surface area contributed by atoms with Crippen LogP contribution in [0.4, 0.5) is 14.6 Å². The molecule has 1 N–H and O–H groups in total. The number of amides is 1. The van der Waals surface area contributed by atoms with Crippen molar-refractivity contribution >= 4 is 28.7 Å². The largest absolute Gasteiger partial charge is 0.305 e. The zero-order valence-electron chi connectivity index (χ0n) is 13.7. The molecule has 4 nitrogen and oxygen atoms in total. The van der Waals surface area contributed by atoms with E-state index in [0.29, 0.717) is 16.3 Å². The standard InChI is InChI=1S/C19H13F2N3OS/c1-11-6-7-24-16(9-11)22-17(13-10-12(20)4-5-14(13)21)18(24)23-19(25)15-3-2-8-26-15/h2-10H,1H3,(H,23,25). The fourth-order valence-electron chi connectivity index (χ4n) is 2.71. The number of benzene rings is 1. The Bertz CT molecular complexity index is 1120. The van der Waals surface area contributed by atoms with E-state index in [1.165, 1.54) is 11.3 Å². The van der Waals surface area contributed by atoms with Crippen molar-refractivity contribution in [1.82, 2.24) is 9.38 Å². The van der Waals surface area contributed by atoms with E-state index >= 15 is 0 Å². The fourth-order valence-corrected chi connectivity index (χ4v) is 3.33. The van der Waals surface area contributed by atoms with E-state index in [-0.39, 0.29) is 17.2 Å². The van der Waals surface area contributed by atoms with Crippen LogP contribution in [0.15, 0.2) is 54.0 Å². The normalized spacial score (nSPS) is 11.0. The summed E-state index contributed by atoms with van der Waals surface area (Å²) in [6.45, 7) is 1.90. The summed E-state index contributed by atoms with van der Waals surface area (Å²) < 4.78 is 29.7. The van der Waals surface area contributed by atoms with Crippen molar-refractivity contribution in [3.63, 3.8) is 0 Å². The van der Waals surface area contributed by atoms with Crippen LogP contribution in [0.1, 0.15) is 15.2 Å². The van der Waals surface area contributed by atoms with Crippen molar-refractivity contribution in [2.45, 2.75) is 6.92 Å². The molecule has 0 aliphatic rings. The topological polar surface area (TPSA) is 46.4 Å². The van der Waals surface area contributed by atoms with Gasteiger partial charge in [-0.2, -0.15) is 0 Å². The number of hydrogen-bond donors (Lipinski definition) is 1. The summed E-state index contributed by atoms with van der Waals surface area (Å²) in [4.78, 5) is 17.4. The molecule has 0 spiro atoms. The van der Waals surface area contributed by atoms with Crippen LogP contribution in [0.2, 0.25) is 0 Å². The Morgan fingerprint density at radius 1 is 1.19 bits per heavy atom. The highest BCUT2D eigenvalue weighted by atomic mass is 32.1. The van der Waals surface area contributed by atoms with Gasteiger partial charge in [-0.15, -0.1) is 11.3 Å². The number of nitrogens with zero attached hydrogens (tertiary/aromatic N) is 2. The Kier molecular flexibility index (Phi) is 4.00. The third-order valence-electron chi connectivity index (χ3n) is 3.94. The zero-order chi connectivity index (χ0) is 18.3. The molecule has 26 heavy (non-hydrogen) atoms. The minimum Gasteiger partial charge on any atom is -0.305 e. The number of aryl methyl sites for hydroxylation is 1. The smallest absolute Gasteiger partial charge is 0.266 e. The number of nitrogens with one attached hydrogen (secondary N) is 1. The van der Waals surface area contributed by atoms with Gasteiger partial charge in [0.1, 0.15) is 28.8 Å². The lowest BCUT2D eigenvalue weighted by Crippen LogP contribution is -2.12. The van der Waals surface area contributed by atoms with Gasteiger partial charge >= 0.3 is 0 Å². The fraction of sp³-hybridized carbons (Fsp3) is 0.0526. The van der Waals surface area contributed by atoms with Gasteiger partial charge in [-0.25, -0.2) is 13.8 Å². The van der Waals surface area contributed by atoms with Crippen molar-refractivity contribution in [2.75, 3.05) is 5.32 Å². The van der Waals surface area contributed by atoms with Gasteiger partial charge in [-0.1, -0.05) is 6.07 Å². The Balaban J connectivity index is 1.91. The highest BCUT2D eigenvalue weighted by molar-refractivity contribution is 7.12. The molecule has 0 bridgehead atoms. The molecule has 0 saturated carbocycles. The van der Waals surface area contributed by atoms with E-state index in [9.17, 15) is 13.6 Å². The molecule has 1 amide bonds. The minimum atomic E-state index is -0.613. The summed E-state index contributed by atoms with van der Waals surface area (Å²) >= 11 is 1.29. The molecular weight excluding hydrogens is 356 g/mol. The van der Waals surface area contributed by atoms with E-state index in [2.05, 4.69) is 10.3 Å². The van der Waals surface area contributed by atoms with Crippen molar-refractivity contribution in [3.05, 3.63) is 76.1 Å². The lowest BCUT2D eigenvalue weighted by Gasteiger charge is -2.08. The molecule has 1 aromatic carbocycles. The van der Waals surface area contributed by atoms with Crippen LogP contribution in [-0.2, 0) is 0 Å². The van der Waals surface area contributed by atoms with Gasteiger partial charge in [-0.05, 0) is 54.3 Å². The predicted octanol–water partition coefficient (Wildman–Crippen LogP) is 4.90. The third-order valence-corrected chi connectivity index (χ3v) is 4.81. The number of hydrogen-bond acceptors (Lipinski definition) is 3. The van der Waals surface area contributed by atoms with Gasteiger partial charge in [-0.3, -0.25) is 9.20 Å². The van der Waals surface area contributed by atoms with E-state index in [1.807, 2.05) is 19.1 Å². The molecule has 0 unspecified atom stereocenters. The highest BCUT2D eigenvalue weighted by Gasteiger charge is 2.20. The van der Waals surface area contributed by atoms with Crippen LogP contribution < -0.4 is 5.32 Å². The Morgan fingerprint density at radius 3 is 2.81 bits per heavy atom. The summed E-state index contributed by atoms with van der Waals surface area (Å²) in [5, 5.41) is 4.57. The van der Waals surface area contributed by atoms with Crippen molar-refractivity contribution in [3.8, 4) is 11.3 Å². The quantitative estimate of drug-likeness (QED) is 0.558. The van der Waals surface area contributed by atoms with Gasteiger partial charge in [0.05, 0.1) is 4.88 Å². The first-order chi connectivity index (χ1) is 12.5. The molecule has 3 aromatic heterocycles. The van der Waals surface area contributed by atoms with Gasteiger partial charge in [0, 0.05) is 11.8 Å². The number of carbonyl (C=O) groups excluding carboxylic acids is 1. The maximum Gasteiger partial charge on any atom is 0.266 e. The second kappa shape index (κ2) is 6.34. The molecule has 4 rings (SSSR count). The first kappa shape index (κ1) is 16.4. The molecule has 4 aromatic rings. The zero-order valence-corrected chi connectivity index (χ0v) is 14.5. The first-order valence-corrected chi connectivity index (χ1v) is 8.70. The second-order valence-electron chi connectivity index (χ2n) is 5.80.